The molecule has 1 aliphatic carbocycles. The van der Waals surface area contributed by atoms with Gasteiger partial charge < -0.3 is 15.1 Å². The third-order valence-electron chi connectivity index (χ3n) is 3.56. The highest BCUT2D eigenvalue weighted by molar-refractivity contribution is 5.79. The average Bonchev–Trinajstić information content (AvgIpc) is 3.17. The van der Waals surface area contributed by atoms with E-state index in [-0.39, 0.29) is 0 Å². The Balaban J connectivity index is 1.60. The van der Waals surface area contributed by atoms with Crippen LogP contribution in [0.5, 0.6) is 0 Å². The van der Waals surface area contributed by atoms with Crippen molar-refractivity contribution in [2.75, 3.05) is 13.6 Å². The number of hydrogen-bond acceptors (Lipinski definition) is 2. The molecule has 2 aromatic rings. The van der Waals surface area contributed by atoms with Crippen LogP contribution >= 0.6 is 0 Å². The summed E-state index contributed by atoms with van der Waals surface area (Å²) < 4.78 is 5.75. The van der Waals surface area contributed by atoms with Crippen LogP contribution in [0.4, 0.5) is 0 Å². The van der Waals surface area contributed by atoms with Crippen LogP contribution in [-0.4, -0.2) is 30.5 Å². The zero-order valence-corrected chi connectivity index (χ0v) is 11.2. The molecule has 1 aromatic carbocycles. The summed E-state index contributed by atoms with van der Waals surface area (Å²) in [7, 11) is 2.01. The molecule has 19 heavy (non-hydrogen) atoms. The van der Waals surface area contributed by atoms with Gasteiger partial charge in [0.1, 0.15) is 11.3 Å². The van der Waals surface area contributed by atoms with Crippen molar-refractivity contribution in [2.24, 2.45) is 10.7 Å². The van der Waals surface area contributed by atoms with Crippen molar-refractivity contribution in [1.82, 2.24) is 4.90 Å². The van der Waals surface area contributed by atoms with Crippen molar-refractivity contribution in [3.05, 3.63) is 36.1 Å². The van der Waals surface area contributed by atoms with E-state index in [1.807, 2.05) is 25.2 Å². The van der Waals surface area contributed by atoms with Crippen LogP contribution < -0.4 is 5.73 Å². The molecule has 1 heterocycles. The fourth-order valence-corrected chi connectivity index (χ4v) is 2.20. The van der Waals surface area contributed by atoms with Gasteiger partial charge in [0.25, 0.3) is 0 Å². The number of benzene rings is 1. The van der Waals surface area contributed by atoms with Gasteiger partial charge in [0, 0.05) is 31.4 Å². The molecule has 2 N–H and O–H groups in total. The summed E-state index contributed by atoms with van der Waals surface area (Å²) in [4.78, 5) is 6.48. The molecule has 0 unspecified atom stereocenters. The lowest BCUT2D eigenvalue weighted by Crippen LogP contribution is -2.35. The third-order valence-corrected chi connectivity index (χ3v) is 3.56. The van der Waals surface area contributed by atoms with Crippen LogP contribution in [-0.2, 0) is 6.42 Å². The molecule has 1 aliphatic rings. The van der Waals surface area contributed by atoms with Gasteiger partial charge in [-0.3, -0.25) is 4.99 Å². The topological polar surface area (TPSA) is 54.8 Å². The second-order valence-corrected chi connectivity index (χ2v) is 5.08. The molecule has 100 valence electrons. The Hall–Kier alpha value is -1.97. The van der Waals surface area contributed by atoms with Gasteiger partial charge in [0.15, 0.2) is 5.96 Å². The van der Waals surface area contributed by atoms with Crippen molar-refractivity contribution in [3.63, 3.8) is 0 Å². The number of rotatable bonds is 4. The van der Waals surface area contributed by atoms with Crippen molar-refractivity contribution >= 4 is 16.9 Å². The van der Waals surface area contributed by atoms with Gasteiger partial charge in [-0.05, 0) is 25.0 Å². The number of furan rings is 1. The lowest BCUT2D eigenvalue weighted by molar-refractivity contribution is 0.486. The Kier molecular flexibility index (Phi) is 3.15. The van der Waals surface area contributed by atoms with E-state index in [0.29, 0.717) is 18.5 Å². The zero-order chi connectivity index (χ0) is 13.2. The predicted molar refractivity (Wildman–Crippen MR) is 77.2 cm³/mol. The highest BCUT2D eigenvalue weighted by Gasteiger charge is 2.27. The summed E-state index contributed by atoms with van der Waals surface area (Å²) in [6.45, 7) is 0.669. The minimum absolute atomic E-state index is 0.606. The third kappa shape index (κ3) is 2.72. The minimum Gasteiger partial charge on any atom is -0.461 e. The van der Waals surface area contributed by atoms with Crippen molar-refractivity contribution in [1.29, 1.82) is 0 Å². The van der Waals surface area contributed by atoms with Crippen molar-refractivity contribution < 1.29 is 4.42 Å². The predicted octanol–water partition coefficient (Wildman–Crippen LogP) is 2.38. The number of para-hydroxylation sites is 1. The maximum Gasteiger partial charge on any atom is 0.191 e. The molecule has 0 amide bonds. The molecule has 0 radical (unpaired) electrons. The highest BCUT2D eigenvalue weighted by Crippen LogP contribution is 2.25. The van der Waals surface area contributed by atoms with E-state index in [2.05, 4.69) is 22.0 Å². The molecular weight excluding hydrogens is 238 g/mol. The van der Waals surface area contributed by atoms with Crippen LogP contribution in [0.2, 0.25) is 0 Å². The van der Waals surface area contributed by atoms with E-state index in [1.165, 1.54) is 12.8 Å². The standard InChI is InChI=1S/C15H19N3O/c1-18(12-6-7-12)15(16)17-9-8-13-10-11-4-2-3-5-14(11)19-13/h2-5,10,12H,6-9H2,1H3,(H2,16,17). The molecule has 0 atom stereocenters. The Labute approximate surface area is 112 Å². The molecular formula is C15H19N3O. The molecule has 0 aliphatic heterocycles. The second-order valence-electron chi connectivity index (χ2n) is 5.08. The molecule has 4 nitrogen and oxygen atoms in total. The van der Waals surface area contributed by atoms with Gasteiger partial charge in [0.05, 0.1) is 0 Å². The first-order valence-corrected chi connectivity index (χ1v) is 6.74. The Morgan fingerprint density at radius 3 is 2.95 bits per heavy atom. The first kappa shape index (κ1) is 12.1. The maximum atomic E-state index is 5.94. The molecule has 4 heteroatoms. The van der Waals surface area contributed by atoms with Gasteiger partial charge in [-0.1, -0.05) is 18.2 Å². The van der Waals surface area contributed by atoms with Gasteiger partial charge in [-0.2, -0.15) is 0 Å². The lowest BCUT2D eigenvalue weighted by Gasteiger charge is -2.16. The Bertz CT molecular complexity index is 565. The summed E-state index contributed by atoms with van der Waals surface area (Å²) in [5.41, 5.74) is 6.88. The molecule has 1 fully saturated rings. The van der Waals surface area contributed by atoms with Crippen molar-refractivity contribution in [2.45, 2.75) is 25.3 Å². The first-order valence-electron chi connectivity index (χ1n) is 6.74. The number of nitrogens with zero attached hydrogens (tertiary/aromatic N) is 2. The minimum atomic E-state index is 0.606. The zero-order valence-electron chi connectivity index (χ0n) is 11.2. The molecule has 1 saturated carbocycles. The number of hydrogen-bond donors (Lipinski definition) is 1. The van der Waals surface area contributed by atoms with Gasteiger partial charge in [-0.15, -0.1) is 0 Å². The second kappa shape index (κ2) is 4.96. The molecule has 0 spiro atoms. The van der Waals surface area contributed by atoms with E-state index in [9.17, 15) is 0 Å². The quantitative estimate of drug-likeness (QED) is 0.676. The van der Waals surface area contributed by atoms with E-state index in [1.54, 1.807) is 0 Å². The molecule has 1 aromatic heterocycles. The Morgan fingerprint density at radius 2 is 2.21 bits per heavy atom. The lowest BCUT2D eigenvalue weighted by atomic mass is 10.2. The average molecular weight is 257 g/mol. The first-order chi connectivity index (χ1) is 9.24. The van der Waals surface area contributed by atoms with E-state index in [4.69, 9.17) is 10.2 Å². The summed E-state index contributed by atoms with van der Waals surface area (Å²) >= 11 is 0. The summed E-state index contributed by atoms with van der Waals surface area (Å²) in [5.74, 6) is 1.60. The monoisotopic (exact) mass is 257 g/mol. The summed E-state index contributed by atoms with van der Waals surface area (Å²) in [5, 5.41) is 1.14. The number of fused-ring (bicyclic) bond motifs is 1. The molecule has 3 rings (SSSR count). The SMILES string of the molecule is CN(C(N)=NCCc1cc2ccccc2o1)C1CC1. The van der Waals surface area contributed by atoms with Gasteiger partial charge in [-0.25, -0.2) is 0 Å². The maximum absolute atomic E-state index is 5.94. The summed E-state index contributed by atoms with van der Waals surface area (Å²) in [6.07, 6.45) is 3.25. The molecule has 0 bridgehead atoms. The largest absolute Gasteiger partial charge is 0.461 e. The smallest absolute Gasteiger partial charge is 0.191 e. The highest BCUT2D eigenvalue weighted by atomic mass is 16.3. The van der Waals surface area contributed by atoms with Crippen molar-refractivity contribution in [3.8, 4) is 0 Å². The van der Waals surface area contributed by atoms with Crippen LogP contribution in [0.25, 0.3) is 11.0 Å². The van der Waals surface area contributed by atoms with Gasteiger partial charge >= 0.3 is 0 Å². The van der Waals surface area contributed by atoms with E-state index in [0.717, 1.165) is 23.2 Å². The van der Waals surface area contributed by atoms with Gasteiger partial charge in [0.2, 0.25) is 0 Å². The Morgan fingerprint density at radius 1 is 1.42 bits per heavy atom. The van der Waals surface area contributed by atoms with Crippen LogP contribution in [0.3, 0.4) is 0 Å². The normalized spacial score (nSPS) is 15.9. The summed E-state index contributed by atoms with van der Waals surface area (Å²) in [6, 6.07) is 10.7. The molecule has 0 saturated heterocycles. The number of guanidine groups is 1. The van der Waals surface area contributed by atoms with E-state index >= 15 is 0 Å². The fraction of sp³-hybridized carbons (Fsp3) is 0.400. The fourth-order valence-electron chi connectivity index (χ4n) is 2.20. The number of aliphatic imine (C=N–C) groups is 1. The van der Waals surface area contributed by atoms with Crippen LogP contribution in [0, 0.1) is 0 Å². The van der Waals surface area contributed by atoms with E-state index < -0.39 is 0 Å². The number of nitrogens with two attached hydrogens (primary N) is 1. The van der Waals surface area contributed by atoms with Crippen LogP contribution in [0.1, 0.15) is 18.6 Å². The van der Waals surface area contributed by atoms with Crippen LogP contribution in [0.15, 0.2) is 39.7 Å².